The zero-order chi connectivity index (χ0) is 20.1. The molecule has 1 aliphatic rings. The Morgan fingerprint density at radius 1 is 1.04 bits per heavy atom. The predicted octanol–water partition coefficient (Wildman–Crippen LogP) is 0.863. The first-order valence-corrected chi connectivity index (χ1v) is 11.7. The molecule has 0 saturated carbocycles. The molecule has 0 spiro atoms. The lowest BCUT2D eigenvalue weighted by molar-refractivity contribution is -0.137. The van der Waals surface area contributed by atoms with Crippen molar-refractivity contribution in [3.8, 4) is 0 Å². The van der Waals surface area contributed by atoms with E-state index in [0.717, 1.165) is 17.9 Å². The Hall–Kier alpha value is -0.970. The number of aliphatic hydroxyl groups is 2. The lowest BCUT2D eigenvalue weighted by Crippen LogP contribution is -2.37. The number of carbonyl (C=O) groups excluding carboxylic acids is 2. The van der Waals surface area contributed by atoms with Gasteiger partial charge in [0.05, 0.1) is 18.8 Å². The van der Waals surface area contributed by atoms with Crippen molar-refractivity contribution in [1.82, 2.24) is 10.2 Å². The summed E-state index contributed by atoms with van der Waals surface area (Å²) in [4.78, 5) is 35.6. The number of carbonyl (C=O) groups is 3. The van der Waals surface area contributed by atoms with Crippen LogP contribution in [0.3, 0.4) is 0 Å². The van der Waals surface area contributed by atoms with Crippen LogP contribution in [0.1, 0.15) is 44.9 Å². The van der Waals surface area contributed by atoms with Crippen molar-refractivity contribution in [3.05, 3.63) is 0 Å². The highest BCUT2D eigenvalue weighted by Gasteiger charge is 2.33. The molecule has 0 radical (unpaired) electrons. The molecular weight excluding hydrogens is 392 g/mol. The van der Waals surface area contributed by atoms with E-state index in [9.17, 15) is 24.6 Å². The van der Waals surface area contributed by atoms with Gasteiger partial charge in [-0.05, 0) is 25.7 Å². The van der Waals surface area contributed by atoms with Gasteiger partial charge in [0, 0.05) is 43.9 Å². The number of nitrogens with one attached hydrogen (secondary N) is 1. The molecule has 1 aliphatic heterocycles. The smallest absolute Gasteiger partial charge is 0.303 e. The summed E-state index contributed by atoms with van der Waals surface area (Å²) in [6.45, 7) is 0.763. The molecule has 0 unspecified atom stereocenters. The molecule has 156 valence electrons. The highest BCUT2D eigenvalue weighted by Crippen LogP contribution is 2.23. The number of likely N-dealkylation sites (tertiary alicyclic amines) is 1. The van der Waals surface area contributed by atoms with Gasteiger partial charge < -0.3 is 25.5 Å². The highest BCUT2D eigenvalue weighted by molar-refractivity contribution is 8.76. The summed E-state index contributed by atoms with van der Waals surface area (Å²) in [5.41, 5.74) is 0. The largest absolute Gasteiger partial charge is 0.481 e. The van der Waals surface area contributed by atoms with E-state index in [1.165, 1.54) is 0 Å². The number of β-amino-alcohol motifs (C(OH)–C–C–N with tert-alkyl or cyclic N) is 1. The summed E-state index contributed by atoms with van der Waals surface area (Å²) in [6, 6.07) is -0.262. The van der Waals surface area contributed by atoms with Crippen LogP contribution < -0.4 is 5.32 Å². The van der Waals surface area contributed by atoms with Gasteiger partial charge in [-0.3, -0.25) is 14.4 Å². The lowest BCUT2D eigenvalue weighted by atomic mass is 10.2. The maximum absolute atomic E-state index is 12.1. The second-order valence-corrected chi connectivity index (χ2v) is 9.17. The molecule has 0 aliphatic carbocycles. The van der Waals surface area contributed by atoms with Crippen LogP contribution in [0.25, 0.3) is 0 Å². The first-order chi connectivity index (χ1) is 12.9. The number of aliphatic hydroxyl groups excluding tert-OH is 2. The molecule has 10 heteroatoms. The molecule has 1 fully saturated rings. The highest BCUT2D eigenvalue weighted by atomic mass is 33.1. The minimum absolute atomic E-state index is 0.0219. The number of aliphatic carboxylic acids is 1. The van der Waals surface area contributed by atoms with Crippen molar-refractivity contribution in [2.75, 3.05) is 31.2 Å². The van der Waals surface area contributed by atoms with Crippen molar-refractivity contribution in [1.29, 1.82) is 0 Å². The van der Waals surface area contributed by atoms with Crippen molar-refractivity contribution in [3.63, 3.8) is 0 Å². The van der Waals surface area contributed by atoms with E-state index in [1.807, 2.05) is 0 Å². The minimum atomic E-state index is -0.836. The number of hydrogen-bond acceptors (Lipinski definition) is 7. The first kappa shape index (κ1) is 24.1. The number of rotatable bonds is 14. The average Bonchev–Trinajstić information content (AvgIpc) is 3.01. The molecule has 1 rings (SSSR count). The van der Waals surface area contributed by atoms with Crippen molar-refractivity contribution in [2.45, 2.75) is 57.1 Å². The van der Waals surface area contributed by atoms with E-state index in [1.54, 1.807) is 26.5 Å². The van der Waals surface area contributed by atoms with Crippen LogP contribution in [0.5, 0.6) is 0 Å². The Labute approximate surface area is 167 Å². The van der Waals surface area contributed by atoms with Crippen LogP contribution in [0.4, 0.5) is 0 Å². The Bertz CT molecular complexity index is 480. The topological polar surface area (TPSA) is 127 Å². The van der Waals surface area contributed by atoms with Gasteiger partial charge in [0.2, 0.25) is 11.8 Å². The van der Waals surface area contributed by atoms with Gasteiger partial charge >= 0.3 is 5.97 Å². The van der Waals surface area contributed by atoms with Gasteiger partial charge in [-0.1, -0.05) is 21.6 Å². The lowest BCUT2D eigenvalue weighted by Gasteiger charge is -2.22. The quantitative estimate of drug-likeness (QED) is 0.240. The second-order valence-electron chi connectivity index (χ2n) is 6.47. The molecular formula is C17H30N2O6S2. The number of unbranched alkanes of at least 4 members (excludes halogenated alkanes) is 1. The van der Waals surface area contributed by atoms with Gasteiger partial charge in [-0.25, -0.2) is 0 Å². The van der Waals surface area contributed by atoms with E-state index in [2.05, 4.69) is 5.32 Å². The van der Waals surface area contributed by atoms with Gasteiger partial charge in [0.25, 0.3) is 0 Å². The minimum Gasteiger partial charge on any atom is -0.481 e. The zero-order valence-electron chi connectivity index (χ0n) is 15.5. The van der Waals surface area contributed by atoms with Gasteiger partial charge in [-0.15, -0.1) is 0 Å². The summed E-state index contributed by atoms with van der Waals surface area (Å²) in [7, 11) is 3.29. The third-order valence-electron chi connectivity index (χ3n) is 4.18. The molecule has 0 aromatic carbocycles. The van der Waals surface area contributed by atoms with Crippen molar-refractivity contribution < 1.29 is 29.7 Å². The number of carboxylic acids is 1. The van der Waals surface area contributed by atoms with Crippen LogP contribution in [0.2, 0.25) is 0 Å². The third kappa shape index (κ3) is 10.8. The van der Waals surface area contributed by atoms with Gasteiger partial charge in [0.15, 0.2) is 0 Å². The fourth-order valence-corrected chi connectivity index (χ4v) is 4.79. The second kappa shape index (κ2) is 14.1. The fraction of sp³-hybridized carbons (Fsp3) is 0.824. The van der Waals surface area contributed by atoms with Crippen LogP contribution in [-0.2, 0) is 14.4 Å². The van der Waals surface area contributed by atoms with Crippen LogP contribution in [-0.4, -0.2) is 81.4 Å². The molecule has 27 heavy (non-hydrogen) atoms. The van der Waals surface area contributed by atoms with E-state index in [-0.39, 0.29) is 30.9 Å². The molecule has 1 saturated heterocycles. The van der Waals surface area contributed by atoms with Crippen molar-refractivity contribution in [2.24, 2.45) is 0 Å². The Balaban J connectivity index is 1.95. The summed E-state index contributed by atoms with van der Waals surface area (Å²) in [6.07, 6.45) is 2.59. The van der Waals surface area contributed by atoms with Crippen LogP contribution >= 0.6 is 21.6 Å². The van der Waals surface area contributed by atoms with E-state index in [0.29, 0.717) is 45.2 Å². The summed E-state index contributed by atoms with van der Waals surface area (Å²) in [5.74, 6) is 0.676. The van der Waals surface area contributed by atoms with E-state index in [4.69, 9.17) is 5.11 Å². The number of amides is 2. The Morgan fingerprint density at radius 3 is 2.44 bits per heavy atom. The molecule has 1 heterocycles. The van der Waals surface area contributed by atoms with Crippen LogP contribution in [0, 0.1) is 0 Å². The molecule has 8 nitrogen and oxygen atoms in total. The zero-order valence-corrected chi connectivity index (χ0v) is 17.1. The molecule has 4 N–H and O–H groups in total. The summed E-state index contributed by atoms with van der Waals surface area (Å²) in [5, 5.41) is 30.2. The van der Waals surface area contributed by atoms with E-state index < -0.39 is 12.1 Å². The number of carboxylic acid groups (broad SMARTS) is 1. The SMILES string of the molecule is O=C(O)CCCCC(=O)NCCSSCCCC(=O)N1C[C@H](O)C[C@H]1CO. The number of hydrogen-bond donors (Lipinski definition) is 4. The third-order valence-corrected chi connectivity index (χ3v) is 6.67. The molecule has 0 aromatic heterocycles. The van der Waals surface area contributed by atoms with E-state index >= 15 is 0 Å². The van der Waals surface area contributed by atoms with Crippen LogP contribution in [0.15, 0.2) is 0 Å². The van der Waals surface area contributed by atoms with Gasteiger partial charge in [0.1, 0.15) is 0 Å². The van der Waals surface area contributed by atoms with Crippen molar-refractivity contribution >= 4 is 39.4 Å². The summed E-state index contributed by atoms with van der Waals surface area (Å²) < 4.78 is 0. The number of nitrogens with zero attached hydrogens (tertiary/aromatic N) is 1. The maximum Gasteiger partial charge on any atom is 0.303 e. The molecule has 2 amide bonds. The Kier molecular flexibility index (Phi) is 12.6. The Morgan fingerprint density at radius 2 is 1.74 bits per heavy atom. The first-order valence-electron chi connectivity index (χ1n) is 9.25. The normalized spacial score (nSPS) is 19.3. The maximum atomic E-state index is 12.1. The monoisotopic (exact) mass is 422 g/mol. The fourth-order valence-electron chi connectivity index (χ4n) is 2.80. The molecule has 0 aromatic rings. The molecule has 2 atom stereocenters. The van der Waals surface area contributed by atoms with Gasteiger partial charge in [-0.2, -0.15) is 0 Å². The molecule has 0 bridgehead atoms. The summed E-state index contributed by atoms with van der Waals surface area (Å²) >= 11 is 0. The standard InChI is InChI=1S/C17H30N2O6S2/c20-12-13-10-14(21)11-19(13)16(23)5-3-8-26-27-9-7-18-15(22)4-1-2-6-17(24)25/h13-14,20-21H,1-12H2,(H,18,22)(H,24,25)/t13-,14+/m0/s1. The average molecular weight is 423 g/mol. The predicted molar refractivity (Wildman–Crippen MR) is 106 cm³/mol.